The van der Waals surface area contributed by atoms with Gasteiger partial charge in [-0.05, 0) is 38.5 Å². The molecule has 0 bridgehead atoms. The number of fused-ring (bicyclic) bond motifs is 1. The molecule has 0 atom stereocenters. The second kappa shape index (κ2) is 8.70. The third-order valence-electron chi connectivity index (χ3n) is 5.13. The molecule has 0 aliphatic heterocycles. The zero-order valence-electron chi connectivity index (χ0n) is 18.1. The lowest BCUT2D eigenvalue weighted by molar-refractivity contribution is 0.100. The van der Waals surface area contributed by atoms with Crippen LogP contribution in [0.4, 0.5) is 14.5 Å². The van der Waals surface area contributed by atoms with E-state index in [2.05, 4.69) is 20.5 Å². The summed E-state index contributed by atoms with van der Waals surface area (Å²) < 4.78 is 30.6. The van der Waals surface area contributed by atoms with E-state index in [1.807, 2.05) is 13.8 Å². The molecule has 0 radical (unpaired) electrons. The largest absolute Gasteiger partial charge is 0.365 e. The number of nitrogens with two attached hydrogens (primary N) is 1. The van der Waals surface area contributed by atoms with Gasteiger partial charge in [-0.2, -0.15) is 10.2 Å². The zero-order chi connectivity index (χ0) is 23.9. The number of halogens is 2. The molecule has 33 heavy (non-hydrogen) atoms. The molecule has 172 valence electrons. The van der Waals surface area contributed by atoms with Crippen molar-refractivity contribution in [1.82, 2.24) is 24.5 Å². The summed E-state index contributed by atoms with van der Waals surface area (Å²) in [5.41, 5.74) is 6.95. The maximum absolute atomic E-state index is 13.6. The molecule has 2 amide bonds. The summed E-state index contributed by atoms with van der Waals surface area (Å²) >= 11 is 0.851. The first kappa shape index (κ1) is 22.5. The Labute approximate surface area is 191 Å². The number of hydrogen-bond acceptors (Lipinski definition) is 6. The highest BCUT2D eigenvalue weighted by Crippen LogP contribution is 2.43. The van der Waals surface area contributed by atoms with Crippen molar-refractivity contribution in [3.63, 3.8) is 0 Å². The number of nitrogens with zero attached hydrogens (tertiary/aromatic N) is 5. The molecule has 3 N–H and O–H groups in total. The van der Waals surface area contributed by atoms with Crippen LogP contribution in [0, 0.1) is 6.92 Å². The second-order valence-electron chi connectivity index (χ2n) is 7.24. The van der Waals surface area contributed by atoms with E-state index in [1.165, 1.54) is 6.07 Å². The normalized spacial score (nSPS) is 11.5. The molecule has 0 fully saturated rings. The molecule has 0 unspecified atom stereocenters. The third-order valence-corrected chi connectivity index (χ3v) is 6.22. The molecule has 0 saturated carbocycles. The van der Waals surface area contributed by atoms with Crippen LogP contribution in [0.1, 0.15) is 51.8 Å². The highest BCUT2D eigenvalue weighted by atomic mass is 32.1. The Balaban J connectivity index is 1.96. The van der Waals surface area contributed by atoms with E-state index < -0.39 is 23.9 Å². The fraction of sp³-hybridized carbons (Fsp3) is 0.286. The molecular weight excluding hydrogens is 452 g/mol. The van der Waals surface area contributed by atoms with E-state index in [1.54, 1.807) is 34.7 Å². The molecule has 0 aliphatic carbocycles. The van der Waals surface area contributed by atoms with Crippen LogP contribution >= 0.6 is 11.3 Å². The number of aryl methyl sites for hydroxylation is 3. The summed E-state index contributed by atoms with van der Waals surface area (Å²) in [6.07, 6.45) is 0.556. The van der Waals surface area contributed by atoms with Gasteiger partial charge in [0.25, 0.3) is 18.2 Å². The van der Waals surface area contributed by atoms with Crippen molar-refractivity contribution >= 4 is 39.1 Å². The van der Waals surface area contributed by atoms with Crippen molar-refractivity contribution in [3.8, 4) is 11.1 Å². The first-order valence-electron chi connectivity index (χ1n) is 10.2. The van der Waals surface area contributed by atoms with E-state index in [0.29, 0.717) is 35.3 Å². The van der Waals surface area contributed by atoms with Crippen molar-refractivity contribution in [2.75, 3.05) is 5.32 Å². The summed E-state index contributed by atoms with van der Waals surface area (Å²) in [6, 6.07) is 2.80. The number of hydrogen-bond donors (Lipinski definition) is 2. The third kappa shape index (κ3) is 4.09. The SMILES string of the molecule is CCn1ccc(C(=O)Nc2c(C(N)=O)sc3nc(C(F)F)cc(-c4cn(CC)nc4C)c23)n1. The highest BCUT2D eigenvalue weighted by Gasteiger charge is 2.26. The predicted octanol–water partition coefficient (Wildman–Crippen LogP) is 3.99. The standard InChI is InChI=1S/C21H21F2N7O2S/c1-4-29-7-6-13(28-29)20(32)26-16-15-11(12-9-30(5-2)27-10(12)3)8-14(18(22)23)25-21(15)33-17(16)19(24)31/h6-9,18H,4-5H2,1-3H3,(H2,24,31)(H,26,32). The van der Waals surface area contributed by atoms with Crippen molar-refractivity contribution in [3.05, 3.63) is 46.5 Å². The Bertz CT molecular complexity index is 1370. The monoisotopic (exact) mass is 473 g/mol. The number of nitrogens with one attached hydrogen (secondary N) is 1. The number of primary amides is 1. The molecule has 0 aromatic carbocycles. The average Bonchev–Trinajstić information content (AvgIpc) is 3.49. The number of pyridine rings is 1. The molecule has 4 aromatic heterocycles. The van der Waals surface area contributed by atoms with Crippen molar-refractivity contribution in [1.29, 1.82) is 0 Å². The smallest absolute Gasteiger partial charge is 0.280 e. The van der Waals surface area contributed by atoms with E-state index in [0.717, 1.165) is 11.3 Å². The molecule has 12 heteroatoms. The topological polar surface area (TPSA) is 121 Å². The molecule has 0 saturated heterocycles. The van der Waals surface area contributed by atoms with Crippen molar-refractivity contribution < 1.29 is 18.4 Å². The lowest BCUT2D eigenvalue weighted by atomic mass is 10.0. The number of carbonyl (C=O) groups excluding carboxylic acids is 2. The maximum atomic E-state index is 13.6. The van der Waals surface area contributed by atoms with E-state index >= 15 is 0 Å². The number of carbonyl (C=O) groups is 2. The van der Waals surface area contributed by atoms with Gasteiger partial charge in [-0.25, -0.2) is 13.8 Å². The number of aromatic nitrogens is 5. The van der Waals surface area contributed by atoms with Gasteiger partial charge in [0.2, 0.25) is 0 Å². The molecule has 9 nitrogen and oxygen atoms in total. The van der Waals surface area contributed by atoms with Gasteiger partial charge >= 0.3 is 0 Å². The zero-order valence-corrected chi connectivity index (χ0v) is 18.9. The summed E-state index contributed by atoms with van der Waals surface area (Å²) in [7, 11) is 0. The summed E-state index contributed by atoms with van der Waals surface area (Å²) in [5, 5.41) is 11.6. The fourth-order valence-corrected chi connectivity index (χ4v) is 4.53. The van der Waals surface area contributed by atoms with Gasteiger partial charge in [-0.3, -0.25) is 19.0 Å². The molecule has 4 heterocycles. The second-order valence-corrected chi connectivity index (χ2v) is 8.24. The van der Waals surface area contributed by atoms with E-state index in [9.17, 15) is 18.4 Å². The highest BCUT2D eigenvalue weighted by molar-refractivity contribution is 7.21. The Morgan fingerprint density at radius 1 is 1.18 bits per heavy atom. The number of anilines is 1. The van der Waals surface area contributed by atoms with Crippen LogP contribution in [0.2, 0.25) is 0 Å². The minimum Gasteiger partial charge on any atom is -0.365 e. The van der Waals surface area contributed by atoms with E-state index in [-0.39, 0.29) is 21.1 Å². The Kier molecular flexibility index (Phi) is 5.93. The fourth-order valence-electron chi connectivity index (χ4n) is 3.52. The van der Waals surface area contributed by atoms with Crippen molar-refractivity contribution in [2.24, 2.45) is 5.73 Å². The number of amides is 2. The van der Waals surface area contributed by atoms with Gasteiger partial charge in [0, 0.05) is 36.4 Å². The molecular formula is C21H21F2N7O2S. The Morgan fingerprint density at radius 2 is 1.91 bits per heavy atom. The van der Waals surface area contributed by atoms with Crippen molar-refractivity contribution in [2.45, 2.75) is 40.3 Å². The first-order chi connectivity index (χ1) is 15.7. The lowest BCUT2D eigenvalue weighted by Gasteiger charge is -2.10. The quantitative estimate of drug-likeness (QED) is 0.420. The number of rotatable bonds is 7. The van der Waals surface area contributed by atoms with Crippen LogP contribution in [0.3, 0.4) is 0 Å². The first-order valence-corrected chi connectivity index (χ1v) is 11.0. The lowest BCUT2D eigenvalue weighted by Crippen LogP contribution is -2.17. The van der Waals surface area contributed by atoms with Gasteiger partial charge < -0.3 is 11.1 Å². The minimum atomic E-state index is -2.83. The predicted molar refractivity (Wildman–Crippen MR) is 121 cm³/mol. The summed E-state index contributed by atoms with van der Waals surface area (Å²) in [5.74, 6) is -1.37. The Morgan fingerprint density at radius 3 is 2.48 bits per heavy atom. The van der Waals surface area contributed by atoms with Gasteiger partial charge in [0.15, 0.2) is 5.69 Å². The van der Waals surface area contributed by atoms with Crippen LogP contribution in [0.25, 0.3) is 21.3 Å². The number of thiophene rings is 1. The molecule has 4 aromatic rings. The van der Waals surface area contributed by atoms with E-state index in [4.69, 9.17) is 5.73 Å². The van der Waals surface area contributed by atoms with Gasteiger partial charge in [0.1, 0.15) is 15.4 Å². The summed E-state index contributed by atoms with van der Waals surface area (Å²) in [4.78, 5) is 29.3. The minimum absolute atomic E-state index is 0.00831. The maximum Gasteiger partial charge on any atom is 0.280 e. The van der Waals surface area contributed by atoms with Crippen LogP contribution in [0.15, 0.2) is 24.5 Å². The van der Waals surface area contributed by atoms with Crippen LogP contribution in [-0.4, -0.2) is 36.4 Å². The molecule has 0 spiro atoms. The number of alkyl halides is 2. The molecule has 4 rings (SSSR count). The Hall–Kier alpha value is -3.67. The van der Waals surface area contributed by atoms with Crippen LogP contribution < -0.4 is 11.1 Å². The average molecular weight is 474 g/mol. The van der Waals surface area contributed by atoms with Crippen LogP contribution in [0.5, 0.6) is 0 Å². The van der Waals surface area contributed by atoms with Gasteiger partial charge in [-0.1, -0.05) is 0 Å². The molecule has 0 aliphatic rings. The van der Waals surface area contributed by atoms with Gasteiger partial charge in [0.05, 0.1) is 11.4 Å². The van der Waals surface area contributed by atoms with Gasteiger partial charge in [-0.15, -0.1) is 11.3 Å². The summed E-state index contributed by atoms with van der Waals surface area (Å²) in [6.45, 7) is 6.69. The van der Waals surface area contributed by atoms with Crippen LogP contribution in [-0.2, 0) is 13.1 Å².